The molecular weight excluding hydrogens is 266 g/mol. The van der Waals surface area contributed by atoms with E-state index in [0.29, 0.717) is 0 Å². The van der Waals surface area contributed by atoms with Crippen LogP contribution in [-0.2, 0) is 0 Å². The molecule has 0 amide bonds. The Morgan fingerprint density at radius 3 is 0.769 bits per heavy atom. The molecule has 0 fully saturated rings. The summed E-state index contributed by atoms with van der Waals surface area (Å²) in [6.45, 7) is 0. The Morgan fingerprint density at radius 2 is 0.769 bits per heavy atom. The summed E-state index contributed by atoms with van der Waals surface area (Å²) in [6, 6.07) is 0. The minimum Gasteiger partial charge on any atom is -0.377 e. The van der Waals surface area contributed by atoms with Crippen LogP contribution in [-0.4, -0.2) is 42.7 Å². The van der Waals surface area contributed by atoms with E-state index in [1.54, 1.807) is 0 Å². The second-order valence-corrected chi connectivity index (χ2v) is 4.00. The summed E-state index contributed by atoms with van der Waals surface area (Å²) in [5.74, 6) is 0. The Morgan fingerprint density at radius 1 is 0.615 bits per heavy atom. The van der Waals surface area contributed by atoms with Crippen LogP contribution >= 0.6 is 46.4 Å². The molecule has 0 aromatic heterocycles. The van der Waals surface area contributed by atoms with Crippen molar-refractivity contribution in [1.29, 1.82) is 0 Å². The van der Waals surface area contributed by atoms with E-state index in [4.69, 9.17) is 66.8 Å². The molecular formula is C5H8Cl4O4. The molecule has 13 heavy (non-hydrogen) atoms. The number of alkyl halides is 4. The maximum Gasteiger partial charge on any atom is 0.144 e. The molecule has 80 valence electrons. The zero-order chi connectivity index (χ0) is 10.8. The third kappa shape index (κ3) is 2.52. The predicted octanol–water partition coefficient (Wildman–Crippen LogP) is 0.202. The van der Waals surface area contributed by atoms with Crippen LogP contribution in [0.1, 0.15) is 0 Å². The minimum atomic E-state index is -2.22. The lowest BCUT2D eigenvalue weighted by molar-refractivity contribution is -0.0979. The van der Waals surface area contributed by atoms with Crippen molar-refractivity contribution in [3.05, 3.63) is 0 Å². The first-order chi connectivity index (χ1) is 5.77. The highest BCUT2D eigenvalue weighted by molar-refractivity contribution is 6.29. The van der Waals surface area contributed by atoms with Gasteiger partial charge in [-0.3, -0.25) is 0 Å². The van der Waals surface area contributed by atoms with Gasteiger partial charge in [0.1, 0.15) is 27.7 Å². The Hall–Kier alpha value is 1.00. The van der Waals surface area contributed by atoms with Gasteiger partial charge in [0, 0.05) is 0 Å². The molecule has 0 saturated carbocycles. The van der Waals surface area contributed by atoms with Crippen molar-refractivity contribution in [2.75, 3.05) is 0 Å². The van der Waals surface area contributed by atoms with E-state index >= 15 is 0 Å². The first-order valence-electron chi connectivity index (χ1n) is 3.06. The molecule has 0 aromatic rings. The SMILES string of the molecule is OC(Cl)C(C(O)Cl)(C(O)Cl)C(O)Cl. The number of aliphatic hydroxyl groups excluding tert-OH is 4. The van der Waals surface area contributed by atoms with Crippen LogP contribution < -0.4 is 0 Å². The van der Waals surface area contributed by atoms with Gasteiger partial charge in [0.15, 0.2) is 0 Å². The fourth-order valence-electron chi connectivity index (χ4n) is 0.681. The van der Waals surface area contributed by atoms with Crippen LogP contribution in [0.4, 0.5) is 0 Å². The lowest BCUT2D eigenvalue weighted by atomic mass is 9.91. The molecule has 0 aromatic carbocycles. The summed E-state index contributed by atoms with van der Waals surface area (Å²) in [7, 11) is 0. The Labute approximate surface area is 94.6 Å². The minimum absolute atomic E-state index is 1.90. The average molecular weight is 274 g/mol. The molecule has 4 atom stereocenters. The number of halogens is 4. The van der Waals surface area contributed by atoms with Crippen molar-refractivity contribution >= 4 is 46.4 Å². The van der Waals surface area contributed by atoms with Crippen LogP contribution in [0.3, 0.4) is 0 Å². The highest BCUT2D eigenvalue weighted by Crippen LogP contribution is 2.42. The van der Waals surface area contributed by atoms with Gasteiger partial charge in [0.2, 0.25) is 0 Å². The normalized spacial score (nSPS) is 25.8. The summed E-state index contributed by atoms with van der Waals surface area (Å²) in [4.78, 5) is 0. The van der Waals surface area contributed by atoms with Gasteiger partial charge in [0.05, 0.1) is 0 Å². The summed E-state index contributed by atoms with van der Waals surface area (Å²) in [5, 5.41) is 36.0. The molecule has 8 heteroatoms. The number of rotatable bonds is 4. The molecule has 4 unspecified atom stereocenters. The van der Waals surface area contributed by atoms with Gasteiger partial charge in [-0.15, -0.1) is 0 Å². The van der Waals surface area contributed by atoms with Gasteiger partial charge in [-0.2, -0.15) is 0 Å². The zero-order valence-corrected chi connectivity index (χ0v) is 9.13. The Kier molecular flexibility index (Phi) is 5.58. The van der Waals surface area contributed by atoms with Crippen molar-refractivity contribution < 1.29 is 20.4 Å². The summed E-state index contributed by atoms with van der Waals surface area (Å²) < 4.78 is 0. The van der Waals surface area contributed by atoms with Crippen LogP contribution in [0.25, 0.3) is 0 Å². The Bertz CT molecular complexity index is 123. The standard InChI is InChI=1S/C5H8Cl4O4/c6-1(10)5(2(7)11,3(8)12)4(9)13/h1-4,10-13H. The lowest BCUT2D eigenvalue weighted by Gasteiger charge is -2.38. The van der Waals surface area contributed by atoms with Gasteiger partial charge in [-0.25, -0.2) is 0 Å². The molecule has 0 heterocycles. The molecule has 4 nitrogen and oxygen atoms in total. The first-order valence-corrected chi connectivity index (χ1v) is 4.81. The summed E-state index contributed by atoms with van der Waals surface area (Å²) in [6.07, 6.45) is 0. The van der Waals surface area contributed by atoms with Crippen molar-refractivity contribution in [3.8, 4) is 0 Å². The first kappa shape index (κ1) is 14.0. The molecule has 4 N–H and O–H groups in total. The molecule has 0 aliphatic carbocycles. The van der Waals surface area contributed by atoms with E-state index in [1.807, 2.05) is 0 Å². The summed E-state index contributed by atoms with van der Waals surface area (Å²) in [5.41, 5.74) is -9.83. The molecule has 0 bridgehead atoms. The zero-order valence-electron chi connectivity index (χ0n) is 6.11. The molecule has 0 saturated heterocycles. The molecule has 0 aliphatic rings. The van der Waals surface area contributed by atoms with E-state index < -0.39 is 27.7 Å². The molecule has 0 spiro atoms. The van der Waals surface area contributed by atoms with Crippen LogP contribution in [0, 0.1) is 5.41 Å². The van der Waals surface area contributed by atoms with Crippen molar-refractivity contribution in [1.82, 2.24) is 0 Å². The van der Waals surface area contributed by atoms with E-state index in [1.165, 1.54) is 0 Å². The molecule has 0 rings (SSSR count). The molecule has 0 radical (unpaired) electrons. The predicted molar refractivity (Wildman–Crippen MR) is 49.9 cm³/mol. The van der Waals surface area contributed by atoms with Crippen LogP contribution in [0.5, 0.6) is 0 Å². The van der Waals surface area contributed by atoms with E-state index in [0.717, 1.165) is 0 Å². The second kappa shape index (κ2) is 5.19. The maximum atomic E-state index is 9.01. The van der Waals surface area contributed by atoms with E-state index in [9.17, 15) is 0 Å². The van der Waals surface area contributed by atoms with Crippen molar-refractivity contribution in [3.63, 3.8) is 0 Å². The fraction of sp³-hybridized carbons (Fsp3) is 1.00. The lowest BCUT2D eigenvalue weighted by Crippen LogP contribution is -2.54. The number of hydrogen-bond acceptors (Lipinski definition) is 4. The van der Waals surface area contributed by atoms with Crippen LogP contribution in [0.15, 0.2) is 0 Å². The topological polar surface area (TPSA) is 80.9 Å². The van der Waals surface area contributed by atoms with E-state index in [-0.39, 0.29) is 0 Å². The fourth-order valence-corrected chi connectivity index (χ4v) is 2.50. The van der Waals surface area contributed by atoms with Gasteiger partial charge in [0.25, 0.3) is 0 Å². The average Bonchev–Trinajstić information content (AvgIpc) is 1.82. The second-order valence-electron chi connectivity index (χ2n) is 2.34. The molecule has 0 aliphatic heterocycles. The maximum absolute atomic E-state index is 9.01. The van der Waals surface area contributed by atoms with Gasteiger partial charge in [-0.1, -0.05) is 46.4 Å². The van der Waals surface area contributed by atoms with Crippen LogP contribution in [0.2, 0.25) is 0 Å². The van der Waals surface area contributed by atoms with E-state index in [2.05, 4.69) is 0 Å². The van der Waals surface area contributed by atoms with Gasteiger partial charge < -0.3 is 20.4 Å². The third-order valence-electron chi connectivity index (χ3n) is 1.65. The summed E-state index contributed by atoms with van der Waals surface area (Å²) >= 11 is 20.8. The quantitative estimate of drug-likeness (QED) is 0.552. The highest BCUT2D eigenvalue weighted by Gasteiger charge is 2.54. The Balaban J connectivity index is 5.06. The van der Waals surface area contributed by atoms with Gasteiger partial charge >= 0.3 is 0 Å². The van der Waals surface area contributed by atoms with Gasteiger partial charge in [-0.05, 0) is 0 Å². The van der Waals surface area contributed by atoms with Crippen molar-refractivity contribution in [2.24, 2.45) is 5.41 Å². The van der Waals surface area contributed by atoms with Crippen molar-refractivity contribution in [2.45, 2.75) is 22.3 Å². The number of aliphatic hydroxyl groups is 4. The third-order valence-corrected chi connectivity index (χ3v) is 3.16. The monoisotopic (exact) mass is 272 g/mol. The smallest absolute Gasteiger partial charge is 0.144 e. The largest absolute Gasteiger partial charge is 0.377 e. The number of hydrogen-bond donors (Lipinski definition) is 4. The highest BCUT2D eigenvalue weighted by atomic mass is 35.5.